The summed E-state index contributed by atoms with van der Waals surface area (Å²) in [7, 11) is 0. The van der Waals surface area contributed by atoms with Crippen LogP contribution in [0.25, 0.3) is 10.9 Å². The van der Waals surface area contributed by atoms with Crippen LogP contribution >= 0.6 is 0 Å². The number of aliphatic hydroxyl groups is 1. The number of aromatic nitrogens is 1. The molecule has 1 aromatic heterocycles. The Morgan fingerprint density at radius 1 is 1.24 bits per heavy atom. The van der Waals surface area contributed by atoms with E-state index in [1.165, 1.54) is 5.39 Å². The number of hydrogen-bond acceptors (Lipinski definition) is 2. The Balaban J connectivity index is 2.14. The van der Waals surface area contributed by atoms with E-state index in [4.69, 9.17) is 10.4 Å². The zero-order chi connectivity index (χ0) is 12.1. The Morgan fingerprint density at radius 2 is 2.12 bits per heavy atom. The van der Waals surface area contributed by atoms with E-state index in [0.717, 1.165) is 30.5 Å². The predicted molar refractivity (Wildman–Crippen MR) is 67.3 cm³/mol. The molecule has 2 aromatic rings. The largest absolute Gasteiger partial charge is 0.392 e. The lowest BCUT2D eigenvalue weighted by Gasteiger charge is -2.05. The summed E-state index contributed by atoms with van der Waals surface area (Å²) in [4.78, 5) is 0. The summed E-state index contributed by atoms with van der Waals surface area (Å²) in [5.74, 6) is 0. The van der Waals surface area contributed by atoms with Crippen molar-refractivity contribution in [2.24, 2.45) is 0 Å². The van der Waals surface area contributed by atoms with Gasteiger partial charge in [0.25, 0.3) is 0 Å². The number of aryl methyl sites for hydroxylation is 1. The quantitative estimate of drug-likeness (QED) is 0.800. The third-order valence-electron chi connectivity index (χ3n) is 2.96. The molecule has 0 unspecified atom stereocenters. The molecule has 17 heavy (non-hydrogen) atoms. The van der Waals surface area contributed by atoms with Crippen LogP contribution in [0.1, 0.15) is 24.8 Å². The van der Waals surface area contributed by atoms with Gasteiger partial charge in [0.15, 0.2) is 0 Å². The summed E-state index contributed by atoms with van der Waals surface area (Å²) >= 11 is 0. The van der Waals surface area contributed by atoms with E-state index < -0.39 is 0 Å². The zero-order valence-electron chi connectivity index (χ0n) is 9.76. The van der Waals surface area contributed by atoms with Gasteiger partial charge in [-0.2, -0.15) is 5.26 Å². The first-order valence-corrected chi connectivity index (χ1v) is 5.91. The van der Waals surface area contributed by atoms with E-state index in [9.17, 15) is 0 Å². The van der Waals surface area contributed by atoms with Gasteiger partial charge in [0.1, 0.15) is 0 Å². The molecule has 0 aliphatic heterocycles. The lowest BCUT2D eigenvalue weighted by atomic mass is 10.2. The number of fused-ring (bicyclic) bond motifs is 1. The topological polar surface area (TPSA) is 49.0 Å². The highest BCUT2D eigenvalue weighted by molar-refractivity contribution is 5.80. The van der Waals surface area contributed by atoms with Crippen molar-refractivity contribution in [3.05, 3.63) is 36.0 Å². The number of rotatable bonds is 5. The van der Waals surface area contributed by atoms with Gasteiger partial charge in [-0.15, -0.1) is 0 Å². The fourth-order valence-corrected chi connectivity index (χ4v) is 2.01. The van der Waals surface area contributed by atoms with E-state index in [1.54, 1.807) is 0 Å². The van der Waals surface area contributed by atoms with Gasteiger partial charge in [-0.25, -0.2) is 0 Å². The highest BCUT2D eigenvalue weighted by atomic mass is 16.3. The van der Waals surface area contributed by atoms with Crippen molar-refractivity contribution in [3.63, 3.8) is 0 Å². The molecule has 0 spiro atoms. The number of unbranched alkanes of at least 4 members (excludes halogenated alkanes) is 2. The number of aliphatic hydroxyl groups excluding tert-OH is 1. The Bertz CT molecular complexity index is 537. The lowest BCUT2D eigenvalue weighted by molar-refractivity contribution is 0.282. The first-order valence-electron chi connectivity index (χ1n) is 5.91. The van der Waals surface area contributed by atoms with Gasteiger partial charge in [0.05, 0.1) is 12.7 Å². The van der Waals surface area contributed by atoms with E-state index >= 15 is 0 Å². The minimum absolute atomic E-state index is 0.0789. The molecule has 0 bridgehead atoms. The molecule has 88 valence electrons. The second kappa shape index (κ2) is 5.51. The number of benzene rings is 1. The average molecular weight is 228 g/mol. The van der Waals surface area contributed by atoms with Crippen LogP contribution in [-0.2, 0) is 13.2 Å². The van der Waals surface area contributed by atoms with Gasteiger partial charge >= 0.3 is 0 Å². The van der Waals surface area contributed by atoms with Crippen LogP contribution in [0, 0.1) is 11.3 Å². The molecule has 1 aromatic carbocycles. The maximum Gasteiger partial charge on any atom is 0.0682 e. The normalized spacial score (nSPS) is 10.6. The van der Waals surface area contributed by atoms with Crippen molar-refractivity contribution in [3.8, 4) is 6.07 Å². The molecule has 2 rings (SSSR count). The van der Waals surface area contributed by atoms with Crippen molar-refractivity contribution in [1.82, 2.24) is 4.57 Å². The summed E-state index contributed by atoms with van der Waals surface area (Å²) < 4.78 is 2.19. The molecular weight excluding hydrogens is 212 g/mol. The lowest BCUT2D eigenvalue weighted by Crippen LogP contribution is -1.96. The number of hydrogen-bond donors (Lipinski definition) is 1. The maximum atomic E-state index is 9.13. The molecular formula is C14H16N2O. The molecule has 0 aliphatic carbocycles. The fourth-order valence-electron chi connectivity index (χ4n) is 2.01. The van der Waals surface area contributed by atoms with Crippen LogP contribution in [0.3, 0.4) is 0 Å². The van der Waals surface area contributed by atoms with E-state index in [0.29, 0.717) is 6.42 Å². The standard InChI is InChI=1S/C14H16N2O/c15-7-2-1-3-8-16-9-6-13-5-4-12(11-17)10-14(13)16/h4-6,9-10,17H,1-3,8,11H2. The van der Waals surface area contributed by atoms with E-state index in [1.807, 2.05) is 18.2 Å². The minimum Gasteiger partial charge on any atom is -0.392 e. The first kappa shape index (κ1) is 11.7. The molecule has 1 N–H and O–H groups in total. The summed E-state index contributed by atoms with van der Waals surface area (Å²) in [6, 6.07) is 10.3. The van der Waals surface area contributed by atoms with Crippen LogP contribution in [0.4, 0.5) is 0 Å². The van der Waals surface area contributed by atoms with Crippen LogP contribution < -0.4 is 0 Å². The third-order valence-corrected chi connectivity index (χ3v) is 2.96. The van der Waals surface area contributed by atoms with Crippen LogP contribution in [0.5, 0.6) is 0 Å². The Labute approximate surface area is 101 Å². The van der Waals surface area contributed by atoms with Crippen molar-refractivity contribution < 1.29 is 5.11 Å². The second-order valence-electron chi connectivity index (χ2n) is 4.18. The van der Waals surface area contributed by atoms with Gasteiger partial charge in [-0.1, -0.05) is 12.1 Å². The van der Waals surface area contributed by atoms with Crippen LogP contribution in [0.15, 0.2) is 30.5 Å². The smallest absolute Gasteiger partial charge is 0.0682 e. The molecule has 0 radical (unpaired) electrons. The molecule has 0 amide bonds. The molecule has 0 aliphatic rings. The molecule has 3 nitrogen and oxygen atoms in total. The highest BCUT2D eigenvalue weighted by Crippen LogP contribution is 2.18. The SMILES string of the molecule is N#CCCCCn1ccc2ccc(CO)cc21. The van der Waals surface area contributed by atoms with Gasteiger partial charge in [-0.05, 0) is 35.9 Å². The van der Waals surface area contributed by atoms with Crippen molar-refractivity contribution in [2.45, 2.75) is 32.4 Å². The average Bonchev–Trinajstić information content (AvgIpc) is 2.77. The highest BCUT2D eigenvalue weighted by Gasteiger charge is 2.01. The molecule has 0 saturated heterocycles. The summed E-state index contributed by atoms with van der Waals surface area (Å²) in [6.45, 7) is 1.01. The number of nitrogens with zero attached hydrogens (tertiary/aromatic N) is 2. The van der Waals surface area contributed by atoms with Gasteiger partial charge in [0.2, 0.25) is 0 Å². The Hall–Kier alpha value is -1.79. The zero-order valence-corrected chi connectivity index (χ0v) is 9.76. The minimum atomic E-state index is 0.0789. The van der Waals surface area contributed by atoms with E-state index in [2.05, 4.69) is 22.9 Å². The van der Waals surface area contributed by atoms with E-state index in [-0.39, 0.29) is 6.61 Å². The van der Waals surface area contributed by atoms with Crippen LogP contribution in [-0.4, -0.2) is 9.67 Å². The first-order chi connectivity index (χ1) is 8.35. The van der Waals surface area contributed by atoms with Gasteiger partial charge in [0, 0.05) is 24.7 Å². The molecule has 0 atom stereocenters. The van der Waals surface area contributed by atoms with Crippen LogP contribution in [0.2, 0.25) is 0 Å². The summed E-state index contributed by atoms with van der Waals surface area (Å²) in [6.07, 6.45) is 4.65. The van der Waals surface area contributed by atoms with Gasteiger partial charge in [-0.3, -0.25) is 0 Å². The fraction of sp³-hybridized carbons (Fsp3) is 0.357. The monoisotopic (exact) mass is 228 g/mol. The summed E-state index contributed by atoms with van der Waals surface area (Å²) in [5, 5.41) is 18.8. The molecule has 1 heterocycles. The molecule has 0 saturated carbocycles. The molecule has 0 fully saturated rings. The summed E-state index contributed by atoms with van der Waals surface area (Å²) in [5.41, 5.74) is 2.10. The van der Waals surface area contributed by atoms with Crippen molar-refractivity contribution in [2.75, 3.05) is 0 Å². The van der Waals surface area contributed by atoms with Gasteiger partial charge < -0.3 is 9.67 Å². The van der Waals surface area contributed by atoms with Crippen molar-refractivity contribution in [1.29, 1.82) is 5.26 Å². The third kappa shape index (κ3) is 2.66. The maximum absolute atomic E-state index is 9.13. The Kier molecular flexibility index (Phi) is 3.79. The molecule has 3 heteroatoms. The second-order valence-corrected chi connectivity index (χ2v) is 4.18. The Morgan fingerprint density at radius 3 is 2.88 bits per heavy atom. The number of nitriles is 1. The predicted octanol–water partition coefficient (Wildman–Crippen LogP) is 2.83. The van der Waals surface area contributed by atoms with Crippen molar-refractivity contribution >= 4 is 10.9 Å².